The molecular formula is C19H24N2O4. The van der Waals surface area contributed by atoms with E-state index in [1.807, 2.05) is 49.3 Å². The minimum atomic E-state index is -0.416. The number of amides is 1. The topological polar surface area (TPSA) is 60.0 Å². The molecule has 0 saturated carbocycles. The monoisotopic (exact) mass is 344 g/mol. The van der Waals surface area contributed by atoms with Gasteiger partial charge < -0.3 is 19.5 Å². The zero-order valence-electron chi connectivity index (χ0n) is 15.2. The van der Waals surface area contributed by atoms with E-state index in [0.29, 0.717) is 22.9 Å². The molecule has 0 aliphatic heterocycles. The number of ether oxygens (including phenoxy) is 3. The first-order valence-corrected chi connectivity index (χ1v) is 7.84. The lowest BCUT2D eigenvalue weighted by Gasteiger charge is -2.24. The molecule has 1 atom stereocenters. The Morgan fingerprint density at radius 1 is 0.960 bits per heavy atom. The molecule has 2 rings (SSSR count). The van der Waals surface area contributed by atoms with Crippen LogP contribution in [0.15, 0.2) is 42.5 Å². The van der Waals surface area contributed by atoms with Crippen molar-refractivity contribution in [1.82, 2.24) is 4.90 Å². The lowest BCUT2D eigenvalue weighted by molar-refractivity contribution is -0.120. The largest absolute Gasteiger partial charge is 0.493 e. The van der Waals surface area contributed by atoms with E-state index in [0.717, 1.165) is 5.56 Å². The average molecular weight is 344 g/mol. The maximum absolute atomic E-state index is 12.8. The van der Waals surface area contributed by atoms with Crippen molar-refractivity contribution in [3.05, 3.63) is 48.0 Å². The van der Waals surface area contributed by atoms with E-state index in [1.54, 1.807) is 12.1 Å². The molecule has 0 bridgehead atoms. The van der Waals surface area contributed by atoms with Crippen molar-refractivity contribution in [2.75, 3.05) is 40.7 Å². The van der Waals surface area contributed by atoms with Gasteiger partial charge in [-0.05, 0) is 19.7 Å². The van der Waals surface area contributed by atoms with Crippen LogP contribution < -0.4 is 19.5 Å². The Morgan fingerprint density at radius 3 is 1.96 bits per heavy atom. The Bertz CT molecular complexity index is 692. The molecule has 1 unspecified atom stereocenters. The number of benzene rings is 2. The van der Waals surface area contributed by atoms with E-state index in [2.05, 4.69) is 5.32 Å². The van der Waals surface area contributed by atoms with Gasteiger partial charge in [-0.15, -0.1) is 0 Å². The minimum Gasteiger partial charge on any atom is -0.493 e. The zero-order chi connectivity index (χ0) is 18.4. The number of nitrogens with one attached hydrogen (secondary N) is 1. The first kappa shape index (κ1) is 18.6. The Kier molecular flexibility index (Phi) is 6.25. The summed E-state index contributed by atoms with van der Waals surface area (Å²) in [4.78, 5) is 14.7. The molecule has 0 saturated heterocycles. The normalized spacial score (nSPS) is 11.8. The van der Waals surface area contributed by atoms with E-state index in [-0.39, 0.29) is 5.91 Å². The molecule has 0 aromatic heterocycles. The van der Waals surface area contributed by atoms with Gasteiger partial charge in [0.1, 0.15) is 6.04 Å². The molecule has 6 nitrogen and oxygen atoms in total. The Labute approximate surface area is 148 Å². The van der Waals surface area contributed by atoms with Crippen LogP contribution in [-0.4, -0.2) is 46.2 Å². The van der Waals surface area contributed by atoms with Gasteiger partial charge in [-0.3, -0.25) is 9.69 Å². The van der Waals surface area contributed by atoms with Crippen molar-refractivity contribution in [3.63, 3.8) is 0 Å². The van der Waals surface area contributed by atoms with Crippen LogP contribution in [0.1, 0.15) is 11.6 Å². The summed E-state index contributed by atoms with van der Waals surface area (Å²) in [7, 11) is 8.35. The molecule has 2 aromatic rings. The fraction of sp³-hybridized carbons (Fsp3) is 0.316. The van der Waals surface area contributed by atoms with Gasteiger partial charge >= 0.3 is 0 Å². The van der Waals surface area contributed by atoms with E-state index in [9.17, 15) is 4.79 Å². The van der Waals surface area contributed by atoms with Crippen LogP contribution in [-0.2, 0) is 4.79 Å². The summed E-state index contributed by atoms with van der Waals surface area (Å²) in [5, 5.41) is 2.93. The third kappa shape index (κ3) is 4.22. The average Bonchev–Trinajstić information content (AvgIpc) is 2.61. The smallest absolute Gasteiger partial charge is 0.246 e. The first-order valence-electron chi connectivity index (χ1n) is 7.84. The van der Waals surface area contributed by atoms with Gasteiger partial charge in [-0.2, -0.15) is 0 Å². The predicted molar refractivity (Wildman–Crippen MR) is 97.6 cm³/mol. The highest BCUT2D eigenvalue weighted by molar-refractivity contribution is 5.96. The molecule has 25 heavy (non-hydrogen) atoms. The number of methoxy groups -OCH3 is 3. The molecule has 0 spiro atoms. The maximum atomic E-state index is 12.8. The third-order valence-corrected chi connectivity index (χ3v) is 3.81. The van der Waals surface area contributed by atoms with Crippen LogP contribution in [0, 0.1) is 0 Å². The lowest BCUT2D eigenvalue weighted by Crippen LogP contribution is -2.32. The maximum Gasteiger partial charge on any atom is 0.246 e. The molecule has 0 heterocycles. The van der Waals surface area contributed by atoms with Crippen LogP contribution in [0.5, 0.6) is 17.2 Å². The van der Waals surface area contributed by atoms with Crippen LogP contribution >= 0.6 is 0 Å². The van der Waals surface area contributed by atoms with Gasteiger partial charge in [0.2, 0.25) is 11.7 Å². The van der Waals surface area contributed by atoms with Gasteiger partial charge in [0, 0.05) is 17.8 Å². The number of carbonyl (C=O) groups excluding carboxylic acids is 1. The van der Waals surface area contributed by atoms with Crippen molar-refractivity contribution in [2.24, 2.45) is 0 Å². The Balaban J connectivity index is 2.32. The van der Waals surface area contributed by atoms with Gasteiger partial charge in [0.25, 0.3) is 0 Å². The van der Waals surface area contributed by atoms with Crippen LogP contribution in [0.2, 0.25) is 0 Å². The molecule has 1 N–H and O–H groups in total. The molecule has 0 radical (unpaired) electrons. The molecule has 6 heteroatoms. The molecule has 1 amide bonds. The fourth-order valence-corrected chi connectivity index (χ4v) is 2.68. The van der Waals surface area contributed by atoms with Gasteiger partial charge in [-0.1, -0.05) is 30.3 Å². The van der Waals surface area contributed by atoms with Crippen LogP contribution in [0.25, 0.3) is 0 Å². The van der Waals surface area contributed by atoms with Gasteiger partial charge in [0.15, 0.2) is 11.5 Å². The van der Waals surface area contributed by atoms with Crippen LogP contribution in [0.4, 0.5) is 5.69 Å². The Morgan fingerprint density at radius 2 is 1.52 bits per heavy atom. The number of hydrogen-bond donors (Lipinski definition) is 1. The summed E-state index contributed by atoms with van der Waals surface area (Å²) >= 11 is 0. The van der Waals surface area contributed by atoms with Crippen molar-refractivity contribution >= 4 is 11.6 Å². The van der Waals surface area contributed by atoms with E-state index >= 15 is 0 Å². The van der Waals surface area contributed by atoms with Crippen LogP contribution in [0.3, 0.4) is 0 Å². The fourth-order valence-electron chi connectivity index (χ4n) is 2.68. The van der Waals surface area contributed by atoms with E-state index in [4.69, 9.17) is 14.2 Å². The van der Waals surface area contributed by atoms with Crippen molar-refractivity contribution < 1.29 is 19.0 Å². The first-order chi connectivity index (χ1) is 12.0. The van der Waals surface area contributed by atoms with Crippen molar-refractivity contribution in [3.8, 4) is 17.2 Å². The SMILES string of the molecule is COc1cc(NC(=O)C(c2ccccc2)N(C)C)cc(OC)c1OC. The summed E-state index contributed by atoms with van der Waals surface area (Å²) in [5.41, 5.74) is 1.49. The standard InChI is InChI=1S/C19H24N2O4/c1-21(2)17(13-9-7-6-8-10-13)19(22)20-14-11-15(23-3)18(25-5)16(12-14)24-4/h6-12,17H,1-5H3,(H,20,22). The van der Waals surface area contributed by atoms with Crippen molar-refractivity contribution in [1.29, 1.82) is 0 Å². The summed E-state index contributed by atoms with van der Waals surface area (Å²) in [6.45, 7) is 0. The molecule has 0 fully saturated rings. The van der Waals surface area contributed by atoms with Crippen molar-refractivity contribution in [2.45, 2.75) is 6.04 Å². The number of carbonyl (C=O) groups is 1. The quantitative estimate of drug-likeness (QED) is 0.837. The highest BCUT2D eigenvalue weighted by atomic mass is 16.5. The number of hydrogen-bond acceptors (Lipinski definition) is 5. The number of anilines is 1. The molecule has 134 valence electrons. The number of nitrogens with zero attached hydrogens (tertiary/aromatic N) is 1. The highest BCUT2D eigenvalue weighted by Gasteiger charge is 2.24. The number of rotatable bonds is 7. The lowest BCUT2D eigenvalue weighted by atomic mass is 10.1. The van der Waals surface area contributed by atoms with Gasteiger partial charge in [0.05, 0.1) is 21.3 Å². The second kappa shape index (κ2) is 8.39. The Hall–Kier alpha value is -2.73. The summed E-state index contributed by atoms with van der Waals surface area (Å²) in [6.07, 6.45) is 0. The van der Waals surface area contributed by atoms with E-state index < -0.39 is 6.04 Å². The summed E-state index contributed by atoms with van der Waals surface area (Å²) in [5.74, 6) is 1.30. The second-order valence-electron chi connectivity index (χ2n) is 5.68. The molecule has 0 aliphatic rings. The number of likely N-dealkylation sites (N-methyl/N-ethyl adjacent to an activating group) is 1. The molecule has 0 aliphatic carbocycles. The predicted octanol–water partition coefficient (Wildman–Crippen LogP) is 2.95. The zero-order valence-corrected chi connectivity index (χ0v) is 15.2. The second-order valence-corrected chi connectivity index (χ2v) is 5.68. The van der Waals surface area contributed by atoms with Gasteiger partial charge in [-0.25, -0.2) is 0 Å². The summed E-state index contributed by atoms with van der Waals surface area (Å²) < 4.78 is 16.0. The third-order valence-electron chi connectivity index (χ3n) is 3.81. The summed E-state index contributed by atoms with van der Waals surface area (Å²) in [6, 6.07) is 12.6. The molecular weight excluding hydrogens is 320 g/mol. The minimum absolute atomic E-state index is 0.148. The van der Waals surface area contributed by atoms with E-state index in [1.165, 1.54) is 21.3 Å². The molecule has 2 aromatic carbocycles. The highest BCUT2D eigenvalue weighted by Crippen LogP contribution is 2.40.